The van der Waals surface area contributed by atoms with Crippen LogP contribution in [0.1, 0.15) is 38.2 Å². The lowest BCUT2D eigenvalue weighted by Crippen LogP contribution is -2.30. The number of rotatable bonds is 7. The van der Waals surface area contributed by atoms with Gasteiger partial charge in [0.1, 0.15) is 10.3 Å². The maximum absolute atomic E-state index is 13.2. The van der Waals surface area contributed by atoms with Crippen LogP contribution in [0, 0.1) is 0 Å². The highest BCUT2D eigenvalue weighted by Gasteiger charge is 2.32. The molecule has 1 aliphatic rings. The first-order valence-corrected chi connectivity index (χ1v) is 12.8. The number of carbonyl (C=O) groups is 1. The molecule has 174 valence electrons. The summed E-state index contributed by atoms with van der Waals surface area (Å²) in [6, 6.07) is 13.2. The molecule has 0 unspecified atom stereocenters. The van der Waals surface area contributed by atoms with Crippen molar-refractivity contribution in [1.82, 2.24) is 14.6 Å². The van der Waals surface area contributed by atoms with Crippen molar-refractivity contribution in [2.45, 2.75) is 32.6 Å². The number of unbranched alkanes of at least 4 members (excludes halogenated alkanes) is 3. The van der Waals surface area contributed by atoms with Crippen molar-refractivity contribution in [3.05, 3.63) is 67.4 Å². The molecular weight excluding hydrogens is 516 g/mol. The molecule has 4 aromatic rings. The molecule has 1 amide bonds. The van der Waals surface area contributed by atoms with Gasteiger partial charge in [0.15, 0.2) is 5.82 Å². The monoisotopic (exact) mass is 538 g/mol. The molecule has 0 fully saturated rings. The predicted octanol–water partition coefficient (Wildman–Crippen LogP) is 4.43. The Bertz CT molecular complexity index is 1490. The zero-order chi connectivity index (χ0) is 23.8. The van der Waals surface area contributed by atoms with Crippen LogP contribution in [0.2, 0.25) is 0 Å². The third-order valence-corrected chi connectivity index (χ3v) is 7.39. The number of hydrogen-bond donors (Lipinski definition) is 0. The van der Waals surface area contributed by atoms with Gasteiger partial charge < -0.3 is 9.64 Å². The Hall–Kier alpha value is -3.04. The fourth-order valence-electron chi connectivity index (χ4n) is 4.04. The molecular formula is C25H23BrN4O3S. The van der Waals surface area contributed by atoms with Gasteiger partial charge in [-0.15, -0.1) is 5.10 Å². The standard InChI is InChI=1S/C25H23BrN4O3S/c1-3-4-5-6-13-33-17-10-7-15(8-11-17)22-27-25-30(28-22)24(32)21(34-25)20-18-14-16(26)9-12-19(18)29(2)23(20)31/h7-12,14H,3-6,13H2,1-2H3. The quantitative estimate of drug-likeness (QED) is 0.325. The van der Waals surface area contributed by atoms with Gasteiger partial charge in [0, 0.05) is 22.6 Å². The number of likely N-dealkylation sites (N-methyl/N-ethyl adjacent to an activating group) is 1. The third kappa shape index (κ3) is 4.03. The van der Waals surface area contributed by atoms with Gasteiger partial charge in [-0.1, -0.05) is 53.5 Å². The lowest BCUT2D eigenvalue weighted by atomic mass is 10.1. The number of amides is 1. The van der Waals surface area contributed by atoms with Gasteiger partial charge in [0.25, 0.3) is 11.5 Å². The van der Waals surface area contributed by atoms with E-state index in [1.807, 2.05) is 42.5 Å². The highest BCUT2D eigenvalue weighted by atomic mass is 79.9. The van der Waals surface area contributed by atoms with E-state index in [4.69, 9.17) is 4.74 Å². The van der Waals surface area contributed by atoms with Gasteiger partial charge in [-0.3, -0.25) is 9.59 Å². The smallest absolute Gasteiger partial charge is 0.291 e. The number of nitrogens with zero attached hydrogens (tertiary/aromatic N) is 4. The zero-order valence-corrected chi connectivity index (χ0v) is 21.3. The van der Waals surface area contributed by atoms with E-state index in [2.05, 4.69) is 32.9 Å². The molecule has 5 rings (SSSR count). The van der Waals surface area contributed by atoms with Crippen molar-refractivity contribution in [3.63, 3.8) is 0 Å². The van der Waals surface area contributed by atoms with Crippen LogP contribution in [0.25, 0.3) is 21.9 Å². The lowest BCUT2D eigenvalue weighted by Gasteiger charge is -2.08. The number of thiazole rings is 1. The van der Waals surface area contributed by atoms with Gasteiger partial charge in [0.2, 0.25) is 4.96 Å². The molecule has 34 heavy (non-hydrogen) atoms. The molecule has 0 N–H and O–H groups in total. The summed E-state index contributed by atoms with van der Waals surface area (Å²) < 4.78 is 8.27. The van der Waals surface area contributed by atoms with Crippen LogP contribution < -0.4 is 19.7 Å². The van der Waals surface area contributed by atoms with E-state index in [1.165, 1.54) is 35.1 Å². The average molecular weight is 539 g/mol. The van der Waals surface area contributed by atoms with Crippen molar-refractivity contribution in [2.75, 3.05) is 18.6 Å². The molecule has 9 heteroatoms. The minimum atomic E-state index is -0.338. The van der Waals surface area contributed by atoms with Gasteiger partial charge in [-0.25, -0.2) is 0 Å². The predicted molar refractivity (Wildman–Crippen MR) is 137 cm³/mol. The second-order valence-electron chi connectivity index (χ2n) is 8.20. The molecule has 3 heterocycles. The first-order chi connectivity index (χ1) is 16.5. The van der Waals surface area contributed by atoms with Crippen molar-refractivity contribution in [1.29, 1.82) is 0 Å². The fourth-order valence-corrected chi connectivity index (χ4v) is 5.40. The molecule has 0 atom stereocenters. The van der Waals surface area contributed by atoms with E-state index in [-0.39, 0.29) is 11.5 Å². The first-order valence-electron chi connectivity index (χ1n) is 11.2. The summed E-state index contributed by atoms with van der Waals surface area (Å²) in [6.45, 7) is 2.89. The Labute approximate surface area is 208 Å². The van der Waals surface area contributed by atoms with Crippen LogP contribution in [0.4, 0.5) is 5.69 Å². The summed E-state index contributed by atoms with van der Waals surface area (Å²) in [5, 5.41) is 4.43. The Balaban J connectivity index is 1.45. The molecule has 0 aliphatic carbocycles. The maximum Gasteiger partial charge on any atom is 0.291 e. The SMILES string of the molecule is CCCCCCOc1ccc(-c2nc3sc(=C4C(=O)N(C)c5ccc(Br)cc54)c(=O)n3n2)cc1. The summed E-state index contributed by atoms with van der Waals surface area (Å²) in [6.07, 6.45) is 4.65. The molecule has 7 nitrogen and oxygen atoms in total. The second kappa shape index (κ2) is 9.31. The van der Waals surface area contributed by atoms with E-state index in [0.29, 0.717) is 27.5 Å². The number of halogens is 1. The number of aromatic nitrogens is 3. The summed E-state index contributed by atoms with van der Waals surface area (Å²) in [5.74, 6) is 1.06. The first kappa shape index (κ1) is 22.7. The summed E-state index contributed by atoms with van der Waals surface area (Å²) in [7, 11) is 1.71. The van der Waals surface area contributed by atoms with Crippen LogP contribution in [-0.4, -0.2) is 34.2 Å². The Morgan fingerprint density at radius 1 is 1.06 bits per heavy atom. The van der Waals surface area contributed by atoms with E-state index >= 15 is 0 Å². The van der Waals surface area contributed by atoms with E-state index in [1.54, 1.807) is 11.9 Å². The van der Waals surface area contributed by atoms with E-state index in [0.717, 1.165) is 33.5 Å². The van der Waals surface area contributed by atoms with Crippen LogP contribution in [0.15, 0.2) is 51.7 Å². The minimum Gasteiger partial charge on any atom is -0.494 e. The normalized spacial score (nSPS) is 14.8. The molecule has 1 aliphatic heterocycles. The number of carbonyl (C=O) groups excluding carboxylic acids is 1. The van der Waals surface area contributed by atoms with Crippen LogP contribution in [0.5, 0.6) is 5.75 Å². The summed E-state index contributed by atoms with van der Waals surface area (Å²) in [5.41, 5.74) is 2.36. The van der Waals surface area contributed by atoms with Crippen LogP contribution in [0.3, 0.4) is 0 Å². The zero-order valence-electron chi connectivity index (χ0n) is 18.9. The maximum atomic E-state index is 13.2. The average Bonchev–Trinajstić information content (AvgIpc) is 3.45. The fraction of sp³-hybridized carbons (Fsp3) is 0.280. The number of anilines is 1. The summed E-state index contributed by atoms with van der Waals surface area (Å²) >= 11 is 4.64. The number of ether oxygens (including phenoxy) is 1. The van der Waals surface area contributed by atoms with E-state index < -0.39 is 0 Å². The number of fused-ring (bicyclic) bond motifs is 2. The van der Waals surface area contributed by atoms with Gasteiger partial charge in [-0.05, 0) is 48.9 Å². The third-order valence-electron chi connectivity index (χ3n) is 5.87. The highest BCUT2D eigenvalue weighted by molar-refractivity contribution is 9.10. The molecule has 0 saturated heterocycles. The van der Waals surface area contributed by atoms with Crippen LogP contribution in [-0.2, 0) is 4.79 Å². The number of hydrogen-bond acceptors (Lipinski definition) is 6. The molecule has 0 bridgehead atoms. The van der Waals surface area contributed by atoms with Crippen molar-refractivity contribution < 1.29 is 9.53 Å². The molecule has 0 spiro atoms. The summed E-state index contributed by atoms with van der Waals surface area (Å²) in [4.78, 5) is 32.7. The Morgan fingerprint density at radius 2 is 1.85 bits per heavy atom. The highest BCUT2D eigenvalue weighted by Crippen LogP contribution is 2.36. The lowest BCUT2D eigenvalue weighted by molar-refractivity contribution is -0.112. The van der Waals surface area contributed by atoms with Gasteiger partial charge in [-0.2, -0.15) is 9.50 Å². The minimum absolute atomic E-state index is 0.208. The molecule has 2 aromatic carbocycles. The van der Waals surface area contributed by atoms with E-state index in [9.17, 15) is 9.59 Å². The Kier molecular flexibility index (Phi) is 6.22. The Morgan fingerprint density at radius 3 is 2.59 bits per heavy atom. The topological polar surface area (TPSA) is 76.8 Å². The van der Waals surface area contributed by atoms with Crippen LogP contribution >= 0.6 is 27.3 Å². The molecule has 2 aromatic heterocycles. The van der Waals surface area contributed by atoms with Crippen molar-refractivity contribution in [3.8, 4) is 17.1 Å². The largest absolute Gasteiger partial charge is 0.494 e. The number of benzene rings is 2. The van der Waals surface area contributed by atoms with Crippen molar-refractivity contribution in [2.24, 2.45) is 0 Å². The van der Waals surface area contributed by atoms with Gasteiger partial charge in [0.05, 0.1) is 17.9 Å². The molecule has 0 radical (unpaired) electrons. The van der Waals surface area contributed by atoms with Crippen molar-refractivity contribution >= 4 is 49.4 Å². The van der Waals surface area contributed by atoms with Gasteiger partial charge >= 0.3 is 0 Å². The molecule has 0 saturated carbocycles. The second-order valence-corrected chi connectivity index (χ2v) is 10.1.